The van der Waals surface area contributed by atoms with Crippen LogP contribution in [0.5, 0.6) is 0 Å². The zero-order valence-corrected chi connectivity index (χ0v) is 9.55. The van der Waals surface area contributed by atoms with Gasteiger partial charge in [-0.05, 0) is 26.0 Å². The minimum atomic E-state index is 0.280. The number of hydrogen-bond acceptors (Lipinski definition) is 4. The van der Waals surface area contributed by atoms with Gasteiger partial charge in [-0.25, -0.2) is 4.98 Å². The Morgan fingerprint density at radius 3 is 2.75 bits per heavy atom. The Hall–Kier alpha value is -1.89. The van der Waals surface area contributed by atoms with Crippen molar-refractivity contribution in [1.82, 2.24) is 4.98 Å². The summed E-state index contributed by atoms with van der Waals surface area (Å²) >= 11 is 0. The lowest BCUT2D eigenvalue weighted by atomic mass is 10.2. The van der Waals surface area contributed by atoms with Crippen LogP contribution in [-0.4, -0.2) is 23.9 Å². The molecule has 0 aromatic carbocycles. The number of hydrogen-bond donors (Lipinski definition) is 0. The first-order valence-electron chi connectivity index (χ1n) is 5.24. The molecule has 0 amide bonds. The minimum absolute atomic E-state index is 0.280. The summed E-state index contributed by atoms with van der Waals surface area (Å²) in [5.74, 6) is 0.802. The normalized spacial score (nSPS) is 9.88. The van der Waals surface area contributed by atoms with Crippen molar-refractivity contribution in [3.05, 3.63) is 23.9 Å². The van der Waals surface area contributed by atoms with E-state index in [1.54, 1.807) is 18.3 Å². The lowest BCUT2D eigenvalue weighted by molar-refractivity contribution is 0.112. The van der Waals surface area contributed by atoms with Crippen molar-refractivity contribution < 1.29 is 4.79 Å². The fourth-order valence-electron chi connectivity index (χ4n) is 1.44. The van der Waals surface area contributed by atoms with Crippen molar-refractivity contribution in [2.24, 2.45) is 0 Å². The third-order valence-electron chi connectivity index (χ3n) is 2.29. The number of aldehydes is 1. The second kappa shape index (κ2) is 5.86. The standard InChI is InChI=1S/C12H15N3O/c1-10(2)15(7-3-6-13)12-5-4-11(9-16)8-14-12/h4-5,8-10H,3,7H2,1-2H3. The first-order valence-corrected chi connectivity index (χ1v) is 5.24. The van der Waals surface area contributed by atoms with Crippen molar-refractivity contribution >= 4 is 12.1 Å². The zero-order chi connectivity index (χ0) is 12.0. The number of nitriles is 1. The van der Waals surface area contributed by atoms with Crippen molar-refractivity contribution in [2.45, 2.75) is 26.3 Å². The summed E-state index contributed by atoms with van der Waals surface area (Å²) in [4.78, 5) is 16.7. The number of nitrogens with zero attached hydrogens (tertiary/aromatic N) is 3. The molecular formula is C12H15N3O. The van der Waals surface area contributed by atoms with Gasteiger partial charge in [0, 0.05) is 24.3 Å². The molecule has 0 aliphatic heterocycles. The van der Waals surface area contributed by atoms with Crippen LogP contribution < -0.4 is 4.90 Å². The number of pyridine rings is 1. The third-order valence-corrected chi connectivity index (χ3v) is 2.29. The molecule has 0 fully saturated rings. The molecule has 84 valence electrons. The van der Waals surface area contributed by atoms with Crippen molar-refractivity contribution in [3.8, 4) is 6.07 Å². The van der Waals surface area contributed by atoms with Gasteiger partial charge in [-0.1, -0.05) is 0 Å². The van der Waals surface area contributed by atoms with Crippen LogP contribution in [0, 0.1) is 11.3 Å². The van der Waals surface area contributed by atoms with Crippen LogP contribution in [0.25, 0.3) is 0 Å². The summed E-state index contributed by atoms with van der Waals surface area (Å²) in [7, 11) is 0. The zero-order valence-electron chi connectivity index (χ0n) is 9.55. The molecule has 16 heavy (non-hydrogen) atoms. The first kappa shape index (κ1) is 12.2. The molecule has 0 saturated heterocycles. The van der Waals surface area contributed by atoms with Crippen molar-refractivity contribution in [2.75, 3.05) is 11.4 Å². The predicted molar refractivity (Wildman–Crippen MR) is 62.3 cm³/mol. The van der Waals surface area contributed by atoms with Gasteiger partial charge in [-0.15, -0.1) is 0 Å². The molecule has 0 spiro atoms. The molecule has 4 nitrogen and oxygen atoms in total. The Bertz CT molecular complexity index is 378. The van der Waals surface area contributed by atoms with Gasteiger partial charge < -0.3 is 4.90 Å². The Kier molecular flexibility index (Phi) is 4.46. The number of rotatable bonds is 5. The third kappa shape index (κ3) is 3.06. The Morgan fingerprint density at radius 1 is 1.56 bits per heavy atom. The van der Waals surface area contributed by atoms with Crippen molar-refractivity contribution in [1.29, 1.82) is 5.26 Å². The highest BCUT2D eigenvalue weighted by molar-refractivity contribution is 5.74. The van der Waals surface area contributed by atoms with E-state index in [9.17, 15) is 4.79 Å². The first-order chi connectivity index (χ1) is 7.69. The predicted octanol–water partition coefficient (Wildman–Crippen LogP) is 2.02. The van der Waals surface area contributed by atoms with Gasteiger partial charge in [0.1, 0.15) is 5.82 Å². The summed E-state index contributed by atoms with van der Waals surface area (Å²) in [6.45, 7) is 4.75. The van der Waals surface area contributed by atoms with E-state index in [0.717, 1.165) is 12.1 Å². The largest absolute Gasteiger partial charge is 0.353 e. The monoisotopic (exact) mass is 217 g/mol. The highest BCUT2D eigenvalue weighted by atomic mass is 16.1. The van der Waals surface area contributed by atoms with Crippen LogP contribution in [0.2, 0.25) is 0 Å². The van der Waals surface area contributed by atoms with E-state index in [1.807, 2.05) is 18.7 Å². The maximum atomic E-state index is 10.5. The molecule has 0 saturated carbocycles. The topological polar surface area (TPSA) is 57.0 Å². The molecule has 0 radical (unpaired) electrons. The fourth-order valence-corrected chi connectivity index (χ4v) is 1.44. The number of carbonyl (C=O) groups excluding carboxylic acids is 1. The minimum Gasteiger partial charge on any atom is -0.353 e. The summed E-state index contributed by atoms with van der Waals surface area (Å²) in [6.07, 6.45) is 2.78. The summed E-state index contributed by atoms with van der Waals surface area (Å²) < 4.78 is 0. The van der Waals surface area contributed by atoms with Gasteiger partial charge in [0.2, 0.25) is 0 Å². The van der Waals surface area contributed by atoms with Crippen LogP contribution in [-0.2, 0) is 0 Å². The number of aromatic nitrogens is 1. The van der Waals surface area contributed by atoms with Crippen LogP contribution >= 0.6 is 0 Å². The Balaban J connectivity index is 2.84. The van der Waals surface area contributed by atoms with E-state index < -0.39 is 0 Å². The summed E-state index contributed by atoms with van der Waals surface area (Å²) in [5, 5.41) is 8.58. The summed E-state index contributed by atoms with van der Waals surface area (Å²) in [6, 6.07) is 5.94. The van der Waals surface area contributed by atoms with Crippen LogP contribution in [0.15, 0.2) is 18.3 Å². The summed E-state index contributed by atoms with van der Waals surface area (Å²) in [5.41, 5.74) is 0.563. The molecule has 0 aliphatic carbocycles. The SMILES string of the molecule is CC(C)N(CCC#N)c1ccc(C=O)cn1. The maximum absolute atomic E-state index is 10.5. The smallest absolute Gasteiger partial charge is 0.151 e. The second-order valence-electron chi connectivity index (χ2n) is 3.76. The number of carbonyl (C=O) groups is 1. The average Bonchev–Trinajstić information content (AvgIpc) is 2.30. The molecule has 0 bridgehead atoms. The van der Waals surface area contributed by atoms with E-state index in [2.05, 4.69) is 11.1 Å². The van der Waals surface area contributed by atoms with Gasteiger partial charge in [0.25, 0.3) is 0 Å². The van der Waals surface area contributed by atoms with Crippen molar-refractivity contribution in [3.63, 3.8) is 0 Å². The van der Waals surface area contributed by atoms with E-state index in [0.29, 0.717) is 18.5 Å². The van der Waals surface area contributed by atoms with Gasteiger partial charge in [0.15, 0.2) is 6.29 Å². The molecule has 1 heterocycles. The van der Waals surface area contributed by atoms with E-state index in [-0.39, 0.29) is 6.04 Å². The molecule has 1 aromatic rings. The Labute approximate surface area is 95.5 Å². The molecule has 1 aromatic heterocycles. The highest BCUT2D eigenvalue weighted by Gasteiger charge is 2.10. The highest BCUT2D eigenvalue weighted by Crippen LogP contribution is 2.14. The number of anilines is 1. The van der Waals surface area contributed by atoms with E-state index in [1.165, 1.54) is 0 Å². The molecule has 0 atom stereocenters. The maximum Gasteiger partial charge on any atom is 0.151 e. The molecule has 0 aliphatic rings. The van der Waals surface area contributed by atoms with Crippen LogP contribution in [0.1, 0.15) is 30.6 Å². The molecular weight excluding hydrogens is 202 g/mol. The van der Waals surface area contributed by atoms with E-state index in [4.69, 9.17) is 5.26 Å². The van der Waals surface area contributed by atoms with E-state index >= 15 is 0 Å². The molecule has 1 rings (SSSR count). The lowest BCUT2D eigenvalue weighted by Crippen LogP contribution is -2.32. The lowest BCUT2D eigenvalue weighted by Gasteiger charge is -2.26. The quantitative estimate of drug-likeness (QED) is 0.708. The average molecular weight is 217 g/mol. The molecule has 4 heteroatoms. The fraction of sp³-hybridized carbons (Fsp3) is 0.417. The molecule has 0 unspecified atom stereocenters. The second-order valence-corrected chi connectivity index (χ2v) is 3.76. The Morgan fingerprint density at radius 2 is 2.31 bits per heavy atom. The van der Waals surface area contributed by atoms with Gasteiger partial charge in [-0.3, -0.25) is 4.79 Å². The van der Waals surface area contributed by atoms with Crippen LogP contribution in [0.4, 0.5) is 5.82 Å². The van der Waals surface area contributed by atoms with Gasteiger partial charge in [0.05, 0.1) is 12.5 Å². The van der Waals surface area contributed by atoms with Gasteiger partial charge >= 0.3 is 0 Å². The molecule has 0 N–H and O–H groups in total. The van der Waals surface area contributed by atoms with Gasteiger partial charge in [-0.2, -0.15) is 5.26 Å². The van der Waals surface area contributed by atoms with Crippen LogP contribution in [0.3, 0.4) is 0 Å².